The van der Waals surface area contributed by atoms with Crippen molar-refractivity contribution < 1.29 is 4.74 Å². The van der Waals surface area contributed by atoms with Crippen molar-refractivity contribution in [1.82, 2.24) is 9.97 Å². The quantitative estimate of drug-likeness (QED) is 0.504. The Hall–Kier alpha value is -1.46. The number of hydrogen-bond donors (Lipinski definition) is 1. The van der Waals surface area contributed by atoms with Crippen molar-refractivity contribution in [2.45, 2.75) is 25.1 Å². The molecule has 1 aromatic carbocycles. The van der Waals surface area contributed by atoms with Gasteiger partial charge in [-0.3, -0.25) is 0 Å². The van der Waals surface area contributed by atoms with Crippen LogP contribution in [0.2, 0.25) is 5.15 Å². The molecule has 0 saturated heterocycles. The smallest absolute Gasteiger partial charge is 0.190 e. The van der Waals surface area contributed by atoms with Crippen LogP contribution in [0.5, 0.6) is 5.75 Å². The first kappa shape index (κ1) is 14.9. The lowest BCUT2D eigenvalue weighted by Gasteiger charge is -2.11. The molecule has 6 heteroatoms. The fourth-order valence-electron chi connectivity index (χ4n) is 1.59. The number of hydrogen-bond acceptors (Lipinski definition) is 5. The molecule has 0 fully saturated rings. The van der Waals surface area contributed by atoms with Crippen molar-refractivity contribution in [3.05, 3.63) is 35.5 Å². The zero-order valence-electron chi connectivity index (χ0n) is 11.6. The Bertz CT molecular complexity index is 575. The summed E-state index contributed by atoms with van der Waals surface area (Å²) in [5.41, 5.74) is 0.919. The molecule has 2 aromatic rings. The molecule has 2 rings (SSSR count). The molecule has 0 aliphatic heterocycles. The van der Waals surface area contributed by atoms with E-state index in [-0.39, 0.29) is 6.10 Å². The monoisotopic (exact) mass is 309 g/mol. The van der Waals surface area contributed by atoms with Crippen LogP contribution in [-0.4, -0.2) is 22.3 Å². The van der Waals surface area contributed by atoms with Gasteiger partial charge in [-0.1, -0.05) is 23.4 Å². The Labute approximate surface area is 127 Å². The minimum absolute atomic E-state index is 0.165. The van der Waals surface area contributed by atoms with E-state index in [1.165, 1.54) is 11.8 Å². The summed E-state index contributed by atoms with van der Waals surface area (Å²) in [5.74, 6) is 1.52. The van der Waals surface area contributed by atoms with Gasteiger partial charge in [0.25, 0.3) is 0 Å². The summed E-state index contributed by atoms with van der Waals surface area (Å²) in [7, 11) is 0. The molecule has 1 N–H and O–H groups in total. The zero-order chi connectivity index (χ0) is 14.5. The average molecular weight is 310 g/mol. The van der Waals surface area contributed by atoms with Crippen LogP contribution in [0.25, 0.3) is 0 Å². The van der Waals surface area contributed by atoms with Crippen molar-refractivity contribution in [3.8, 4) is 5.75 Å². The highest BCUT2D eigenvalue weighted by atomic mass is 35.5. The predicted molar refractivity (Wildman–Crippen MR) is 84.3 cm³/mol. The Morgan fingerprint density at radius 2 is 1.90 bits per heavy atom. The van der Waals surface area contributed by atoms with Gasteiger partial charge in [-0.2, -0.15) is 0 Å². The fraction of sp³-hybridized carbons (Fsp3) is 0.286. The predicted octanol–water partition coefficient (Wildman–Crippen LogP) is 4.38. The third-order valence-electron chi connectivity index (χ3n) is 2.36. The van der Waals surface area contributed by atoms with Crippen LogP contribution in [0.15, 0.2) is 35.5 Å². The molecule has 0 bridgehead atoms. The van der Waals surface area contributed by atoms with Gasteiger partial charge in [0.05, 0.1) is 6.10 Å². The van der Waals surface area contributed by atoms with Crippen molar-refractivity contribution in [3.63, 3.8) is 0 Å². The Kier molecular flexibility index (Phi) is 5.09. The maximum atomic E-state index is 5.95. The van der Waals surface area contributed by atoms with Crippen LogP contribution in [0.4, 0.5) is 11.5 Å². The van der Waals surface area contributed by atoms with Crippen molar-refractivity contribution in [2.24, 2.45) is 0 Å². The van der Waals surface area contributed by atoms with Gasteiger partial charge in [0.2, 0.25) is 0 Å². The first-order valence-corrected chi connectivity index (χ1v) is 7.79. The highest BCUT2D eigenvalue weighted by molar-refractivity contribution is 7.98. The molecule has 1 heterocycles. The number of halogens is 1. The number of benzene rings is 1. The second-order valence-corrected chi connectivity index (χ2v) is 5.54. The number of nitrogens with one attached hydrogen (secondary N) is 1. The lowest BCUT2D eigenvalue weighted by molar-refractivity contribution is 0.242. The molecular formula is C14H16ClN3OS. The number of anilines is 2. The molecule has 0 spiro atoms. The van der Waals surface area contributed by atoms with Crippen molar-refractivity contribution >= 4 is 34.9 Å². The summed E-state index contributed by atoms with van der Waals surface area (Å²) in [6.07, 6.45) is 2.08. The van der Waals surface area contributed by atoms with Crippen LogP contribution in [0, 0.1) is 0 Å². The molecule has 1 aromatic heterocycles. The molecule has 0 aliphatic carbocycles. The summed E-state index contributed by atoms with van der Waals surface area (Å²) >= 11 is 7.40. The molecule has 0 amide bonds. The summed E-state index contributed by atoms with van der Waals surface area (Å²) in [6.45, 7) is 4.00. The first-order valence-electron chi connectivity index (χ1n) is 6.19. The van der Waals surface area contributed by atoms with Crippen LogP contribution in [0.3, 0.4) is 0 Å². The number of thioether (sulfide) groups is 1. The largest absolute Gasteiger partial charge is 0.491 e. The molecule has 0 atom stereocenters. The van der Waals surface area contributed by atoms with E-state index in [0.29, 0.717) is 16.1 Å². The van der Waals surface area contributed by atoms with Crippen molar-refractivity contribution in [2.75, 3.05) is 11.6 Å². The van der Waals surface area contributed by atoms with Gasteiger partial charge in [-0.05, 0) is 44.4 Å². The maximum absolute atomic E-state index is 5.95. The molecule has 20 heavy (non-hydrogen) atoms. The first-order chi connectivity index (χ1) is 9.56. The second-order valence-electron chi connectivity index (χ2n) is 4.38. The number of nitrogens with zero attached hydrogens (tertiary/aromatic N) is 2. The van der Waals surface area contributed by atoms with Crippen LogP contribution in [-0.2, 0) is 0 Å². The van der Waals surface area contributed by atoms with E-state index in [2.05, 4.69) is 15.3 Å². The maximum Gasteiger partial charge on any atom is 0.190 e. The lowest BCUT2D eigenvalue weighted by Crippen LogP contribution is -2.05. The topological polar surface area (TPSA) is 47.0 Å². The zero-order valence-corrected chi connectivity index (χ0v) is 13.1. The van der Waals surface area contributed by atoms with E-state index in [4.69, 9.17) is 16.3 Å². The van der Waals surface area contributed by atoms with Gasteiger partial charge >= 0.3 is 0 Å². The Balaban J connectivity index is 2.11. The molecule has 0 aliphatic rings. The summed E-state index contributed by atoms with van der Waals surface area (Å²) in [5, 5.41) is 4.26. The van der Waals surface area contributed by atoms with Crippen molar-refractivity contribution in [1.29, 1.82) is 0 Å². The van der Waals surface area contributed by atoms with E-state index in [1.807, 2.05) is 44.4 Å². The van der Waals surface area contributed by atoms with E-state index in [1.54, 1.807) is 6.07 Å². The fourth-order valence-corrected chi connectivity index (χ4v) is 2.20. The van der Waals surface area contributed by atoms with E-state index in [0.717, 1.165) is 11.4 Å². The SMILES string of the molecule is CSc1nc(Cl)cc(Nc2ccc(OC(C)C)cc2)n1. The summed E-state index contributed by atoms with van der Waals surface area (Å²) < 4.78 is 5.60. The van der Waals surface area contributed by atoms with E-state index < -0.39 is 0 Å². The number of ether oxygens (including phenoxy) is 1. The van der Waals surface area contributed by atoms with Crippen LogP contribution >= 0.6 is 23.4 Å². The van der Waals surface area contributed by atoms with Gasteiger partial charge < -0.3 is 10.1 Å². The van der Waals surface area contributed by atoms with Gasteiger partial charge in [-0.15, -0.1) is 0 Å². The average Bonchev–Trinajstić information content (AvgIpc) is 2.39. The Morgan fingerprint density at radius 3 is 2.50 bits per heavy atom. The normalized spacial score (nSPS) is 10.7. The Morgan fingerprint density at radius 1 is 1.20 bits per heavy atom. The third kappa shape index (κ3) is 4.28. The molecule has 0 unspecified atom stereocenters. The van der Waals surface area contributed by atoms with E-state index in [9.17, 15) is 0 Å². The van der Waals surface area contributed by atoms with E-state index >= 15 is 0 Å². The minimum Gasteiger partial charge on any atom is -0.491 e. The van der Waals surface area contributed by atoms with Gasteiger partial charge in [0.1, 0.15) is 16.7 Å². The lowest BCUT2D eigenvalue weighted by atomic mass is 10.3. The third-order valence-corrected chi connectivity index (χ3v) is 3.10. The van der Waals surface area contributed by atoms with Gasteiger partial charge in [-0.25, -0.2) is 9.97 Å². The highest BCUT2D eigenvalue weighted by Crippen LogP contribution is 2.22. The minimum atomic E-state index is 0.165. The molecule has 0 saturated carbocycles. The molecule has 0 radical (unpaired) electrons. The molecule has 4 nitrogen and oxygen atoms in total. The summed E-state index contributed by atoms with van der Waals surface area (Å²) in [4.78, 5) is 8.44. The van der Waals surface area contributed by atoms with Gasteiger partial charge in [0.15, 0.2) is 5.16 Å². The van der Waals surface area contributed by atoms with Gasteiger partial charge in [0, 0.05) is 11.8 Å². The number of aromatic nitrogens is 2. The van der Waals surface area contributed by atoms with Crippen LogP contribution < -0.4 is 10.1 Å². The highest BCUT2D eigenvalue weighted by Gasteiger charge is 2.03. The standard InChI is InChI=1S/C14H16ClN3OS/c1-9(2)19-11-6-4-10(5-7-11)16-13-8-12(15)17-14(18-13)20-3/h4-9H,1-3H3,(H,16,17,18). The number of rotatable bonds is 5. The second kappa shape index (κ2) is 6.81. The van der Waals surface area contributed by atoms with Crippen LogP contribution in [0.1, 0.15) is 13.8 Å². The summed E-state index contributed by atoms with van der Waals surface area (Å²) in [6, 6.07) is 9.40. The molecular weight excluding hydrogens is 294 g/mol. The molecule has 106 valence electrons.